The molecule has 2 atom stereocenters. The fraction of sp³-hybridized carbons (Fsp3) is 0.400. The molecule has 76 valence electrons. The van der Waals surface area contributed by atoms with Crippen LogP contribution in [0.15, 0.2) is 24.4 Å². The number of esters is 1. The molecule has 0 aliphatic heterocycles. The van der Waals surface area contributed by atoms with Gasteiger partial charge in [-0.3, -0.25) is 9.78 Å². The number of methoxy groups -OCH3 is 1. The Bertz CT molecular complexity index is 299. The lowest BCUT2D eigenvalue weighted by molar-refractivity contribution is -0.148. The zero-order valence-corrected chi connectivity index (χ0v) is 8.18. The SMILES string of the molecule is COC(=O)[C@H](C)[C@H](O)c1ccccn1. The van der Waals surface area contributed by atoms with Gasteiger partial charge in [-0.1, -0.05) is 6.07 Å². The van der Waals surface area contributed by atoms with Crippen LogP contribution in [0.2, 0.25) is 0 Å². The van der Waals surface area contributed by atoms with Crippen LogP contribution < -0.4 is 0 Å². The molecule has 1 aromatic rings. The Hall–Kier alpha value is -1.42. The Morgan fingerprint density at radius 1 is 1.57 bits per heavy atom. The first-order chi connectivity index (χ1) is 6.66. The summed E-state index contributed by atoms with van der Waals surface area (Å²) in [6, 6.07) is 5.18. The molecule has 0 aromatic carbocycles. The van der Waals surface area contributed by atoms with E-state index in [9.17, 15) is 9.90 Å². The molecule has 14 heavy (non-hydrogen) atoms. The van der Waals surface area contributed by atoms with Gasteiger partial charge in [0, 0.05) is 6.20 Å². The number of aliphatic hydroxyl groups is 1. The smallest absolute Gasteiger partial charge is 0.311 e. The maximum Gasteiger partial charge on any atom is 0.311 e. The molecule has 0 saturated heterocycles. The number of carbonyl (C=O) groups excluding carboxylic acids is 1. The highest BCUT2D eigenvalue weighted by atomic mass is 16.5. The van der Waals surface area contributed by atoms with Crippen LogP contribution in [0.3, 0.4) is 0 Å². The van der Waals surface area contributed by atoms with E-state index in [-0.39, 0.29) is 0 Å². The maximum absolute atomic E-state index is 11.1. The third-order valence-corrected chi connectivity index (χ3v) is 2.04. The average molecular weight is 195 g/mol. The molecule has 0 saturated carbocycles. The number of aromatic nitrogens is 1. The van der Waals surface area contributed by atoms with Crippen molar-refractivity contribution >= 4 is 5.97 Å². The second-order valence-corrected chi connectivity index (χ2v) is 3.01. The van der Waals surface area contributed by atoms with Gasteiger partial charge >= 0.3 is 5.97 Å². The van der Waals surface area contributed by atoms with Crippen LogP contribution in [0, 0.1) is 5.92 Å². The van der Waals surface area contributed by atoms with Gasteiger partial charge < -0.3 is 9.84 Å². The van der Waals surface area contributed by atoms with Gasteiger partial charge in [-0.05, 0) is 19.1 Å². The number of aliphatic hydroxyl groups excluding tert-OH is 1. The molecule has 0 amide bonds. The van der Waals surface area contributed by atoms with Crippen LogP contribution in [0.5, 0.6) is 0 Å². The van der Waals surface area contributed by atoms with Crippen molar-refractivity contribution in [3.63, 3.8) is 0 Å². The van der Waals surface area contributed by atoms with Crippen molar-refractivity contribution in [1.29, 1.82) is 0 Å². The molecule has 0 unspecified atom stereocenters. The van der Waals surface area contributed by atoms with Gasteiger partial charge in [-0.25, -0.2) is 0 Å². The molecule has 0 bridgehead atoms. The highest BCUT2D eigenvalue weighted by Gasteiger charge is 2.24. The zero-order chi connectivity index (χ0) is 10.6. The van der Waals surface area contributed by atoms with E-state index in [2.05, 4.69) is 9.72 Å². The van der Waals surface area contributed by atoms with Gasteiger partial charge in [-0.15, -0.1) is 0 Å². The Labute approximate surface area is 82.5 Å². The average Bonchev–Trinajstić information content (AvgIpc) is 2.27. The summed E-state index contributed by atoms with van der Waals surface area (Å²) in [6.45, 7) is 1.60. The summed E-state index contributed by atoms with van der Waals surface area (Å²) in [6.07, 6.45) is 0.659. The van der Waals surface area contributed by atoms with E-state index in [4.69, 9.17) is 0 Å². The molecule has 1 aromatic heterocycles. The lowest BCUT2D eigenvalue weighted by atomic mass is 10.0. The monoisotopic (exact) mass is 195 g/mol. The Kier molecular flexibility index (Phi) is 3.59. The first-order valence-electron chi connectivity index (χ1n) is 4.33. The van der Waals surface area contributed by atoms with Crippen LogP contribution in [0.4, 0.5) is 0 Å². The number of nitrogens with zero attached hydrogens (tertiary/aromatic N) is 1. The minimum atomic E-state index is -0.913. The maximum atomic E-state index is 11.1. The van der Waals surface area contributed by atoms with Gasteiger partial charge in [-0.2, -0.15) is 0 Å². The third kappa shape index (κ3) is 2.29. The third-order valence-electron chi connectivity index (χ3n) is 2.04. The molecule has 1 heterocycles. The lowest BCUT2D eigenvalue weighted by Gasteiger charge is -2.15. The summed E-state index contributed by atoms with van der Waals surface area (Å²) in [5.41, 5.74) is 0.477. The number of hydrogen-bond acceptors (Lipinski definition) is 4. The molecule has 0 aliphatic carbocycles. The van der Waals surface area contributed by atoms with E-state index < -0.39 is 18.0 Å². The van der Waals surface area contributed by atoms with E-state index in [1.807, 2.05) is 0 Å². The van der Waals surface area contributed by atoms with E-state index in [0.717, 1.165) is 0 Å². The molecule has 0 radical (unpaired) electrons. The van der Waals surface area contributed by atoms with Crippen LogP contribution in [-0.4, -0.2) is 23.2 Å². The minimum absolute atomic E-state index is 0.442. The molecule has 4 nitrogen and oxygen atoms in total. The standard InChI is InChI=1S/C10H13NO3/c1-7(10(13)14-2)9(12)8-5-3-4-6-11-8/h3-7,9,12H,1-2H3/t7-,9+/m1/s1. The second-order valence-electron chi connectivity index (χ2n) is 3.01. The molecule has 0 aliphatic rings. The number of rotatable bonds is 3. The summed E-state index contributed by atoms with van der Waals surface area (Å²) in [7, 11) is 1.30. The first kappa shape index (κ1) is 10.7. The van der Waals surface area contributed by atoms with Gasteiger partial charge in [0.05, 0.1) is 18.7 Å². The molecular formula is C10H13NO3. The highest BCUT2D eigenvalue weighted by molar-refractivity contribution is 5.72. The topological polar surface area (TPSA) is 59.4 Å². The summed E-state index contributed by atoms with van der Waals surface area (Å²) in [5, 5.41) is 9.73. The second kappa shape index (κ2) is 4.72. The van der Waals surface area contributed by atoms with Gasteiger partial charge in [0.15, 0.2) is 0 Å². The van der Waals surface area contributed by atoms with Crippen molar-refractivity contribution in [1.82, 2.24) is 4.98 Å². The van der Waals surface area contributed by atoms with Crippen LogP contribution in [0.25, 0.3) is 0 Å². The zero-order valence-electron chi connectivity index (χ0n) is 8.18. The van der Waals surface area contributed by atoms with Crippen LogP contribution in [0.1, 0.15) is 18.7 Å². The quantitative estimate of drug-likeness (QED) is 0.729. The van der Waals surface area contributed by atoms with Crippen molar-refractivity contribution in [2.45, 2.75) is 13.0 Å². The molecule has 4 heteroatoms. The summed E-state index contributed by atoms with van der Waals surface area (Å²) in [4.78, 5) is 15.1. The van der Waals surface area contributed by atoms with Crippen molar-refractivity contribution in [2.75, 3.05) is 7.11 Å². The number of ether oxygens (including phenoxy) is 1. The van der Waals surface area contributed by atoms with Crippen molar-refractivity contribution in [2.24, 2.45) is 5.92 Å². The molecule has 0 spiro atoms. The Morgan fingerprint density at radius 2 is 2.29 bits per heavy atom. The fourth-order valence-corrected chi connectivity index (χ4v) is 1.12. The lowest BCUT2D eigenvalue weighted by Crippen LogP contribution is -2.21. The predicted octanol–water partition coefficient (Wildman–Crippen LogP) is 0.924. The summed E-state index contributed by atoms with van der Waals surface area (Å²) in [5.74, 6) is -1.04. The van der Waals surface area contributed by atoms with Crippen molar-refractivity contribution in [3.8, 4) is 0 Å². The van der Waals surface area contributed by atoms with E-state index >= 15 is 0 Å². The van der Waals surface area contributed by atoms with Gasteiger partial charge in [0.25, 0.3) is 0 Å². The van der Waals surface area contributed by atoms with E-state index in [1.54, 1.807) is 31.3 Å². The van der Waals surface area contributed by atoms with Crippen molar-refractivity contribution in [3.05, 3.63) is 30.1 Å². The summed E-state index contributed by atoms with van der Waals surface area (Å²) < 4.78 is 4.53. The molecule has 0 fully saturated rings. The Balaban J connectivity index is 2.75. The first-order valence-corrected chi connectivity index (χ1v) is 4.33. The van der Waals surface area contributed by atoms with Crippen LogP contribution >= 0.6 is 0 Å². The predicted molar refractivity (Wildman–Crippen MR) is 50.4 cm³/mol. The molecule has 1 rings (SSSR count). The number of carbonyl (C=O) groups is 1. The molecular weight excluding hydrogens is 182 g/mol. The Morgan fingerprint density at radius 3 is 2.79 bits per heavy atom. The van der Waals surface area contributed by atoms with E-state index in [1.165, 1.54) is 7.11 Å². The van der Waals surface area contributed by atoms with Crippen molar-refractivity contribution < 1.29 is 14.6 Å². The molecule has 1 N–H and O–H groups in total. The van der Waals surface area contributed by atoms with Gasteiger partial charge in [0.1, 0.15) is 6.10 Å². The normalized spacial score (nSPS) is 14.5. The van der Waals surface area contributed by atoms with Crippen LogP contribution in [-0.2, 0) is 9.53 Å². The number of pyridine rings is 1. The minimum Gasteiger partial charge on any atom is -0.469 e. The summed E-state index contributed by atoms with van der Waals surface area (Å²) >= 11 is 0. The largest absolute Gasteiger partial charge is 0.469 e. The fourth-order valence-electron chi connectivity index (χ4n) is 1.12. The highest BCUT2D eigenvalue weighted by Crippen LogP contribution is 2.20. The van der Waals surface area contributed by atoms with E-state index in [0.29, 0.717) is 5.69 Å². The number of hydrogen-bond donors (Lipinski definition) is 1. The van der Waals surface area contributed by atoms with Gasteiger partial charge in [0.2, 0.25) is 0 Å².